The van der Waals surface area contributed by atoms with Gasteiger partial charge in [0, 0.05) is 11.5 Å². The molecule has 0 radical (unpaired) electrons. The number of methoxy groups -OCH3 is 1. The zero-order valence-electron chi connectivity index (χ0n) is 11.3. The average molecular weight is 277 g/mol. The van der Waals surface area contributed by atoms with E-state index in [1.165, 1.54) is 7.11 Å². The van der Waals surface area contributed by atoms with Crippen LogP contribution in [0.15, 0.2) is 18.2 Å². The van der Waals surface area contributed by atoms with Crippen LogP contribution in [0.4, 0.5) is 5.69 Å². The lowest BCUT2D eigenvalue weighted by Gasteiger charge is -2.18. The van der Waals surface area contributed by atoms with Crippen molar-refractivity contribution in [3.8, 4) is 5.75 Å². The second kappa shape index (κ2) is 5.73. The van der Waals surface area contributed by atoms with Crippen LogP contribution in [0.2, 0.25) is 0 Å². The molecule has 20 heavy (non-hydrogen) atoms. The van der Waals surface area contributed by atoms with Crippen LogP contribution in [0, 0.1) is 5.92 Å². The molecule has 1 atom stereocenters. The van der Waals surface area contributed by atoms with Gasteiger partial charge in [-0.15, -0.1) is 0 Å². The molecule has 6 heteroatoms. The number of esters is 1. The lowest BCUT2D eigenvalue weighted by Crippen LogP contribution is -2.25. The quantitative estimate of drug-likeness (QED) is 0.664. The molecule has 106 valence electrons. The summed E-state index contributed by atoms with van der Waals surface area (Å²) in [5.41, 5.74) is 0.981. The summed E-state index contributed by atoms with van der Waals surface area (Å²) in [7, 11) is 1.29. The number of hydrogen-bond acceptors (Lipinski definition) is 5. The Morgan fingerprint density at radius 1 is 1.45 bits per heavy atom. The third kappa shape index (κ3) is 2.96. The molecule has 1 aromatic carbocycles. The molecule has 1 unspecified atom stereocenters. The van der Waals surface area contributed by atoms with E-state index < -0.39 is 11.9 Å². The summed E-state index contributed by atoms with van der Waals surface area (Å²) in [6.45, 7) is 1.60. The van der Waals surface area contributed by atoms with Gasteiger partial charge >= 0.3 is 5.97 Å². The van der Waals surface area contributed by atoms with Gasteiger partial charge in [-0.2, -0.15) is 0 Å². The first-order valence-electron chi connectivity index (χ1n) is 6.19. The Morgan fingerprint density at radius 3 is 2.90 bits per heavy atom. The van der Waals surface area contributed by atoms with Crippen molar-refractivity contribution in [1.29, 1.82) is 0 Å². The van der Waals surface area contributed by atoms with Gasteiger partial charge in [0.1, 0.15) is 5.75 Å². The number of ether oxygens (including phenoxy) is 2. The predicted molar refractivity (Wildman–Crippen MR) is 70.7 cm³/mol. The van der Waals surface area contributed by atoms with Crippen LogP contribution >= 0.6 is 0 Å². The minimum absolute atomic E-state index is 0.0318. The number of hydrogen-bond donors (Lipinski definition) is 1. The maximum atomic E-state index is 12.2. The lowest BCUT2D eigenvalue weighted by molar-refractivity contribution is -0.141. The minimum Gasteiger partial charge on any atom is -0.482 e. The first-order chi connectivity index (χ1) is 9.51. The third-order valence-electron chi connectivity index (χ3n) is 3.05. The summed E-state index contributed by atoms with van der Waals surface area (Å²) < 4.78 is 9.80. The van der Waals surface area contributed by atoms with Crippen molar-refractivity contribution in [2.75, 3.05) is 19.0 Å². The van der Waals surface area contributed by atoms with Crippen LogP contribution in [-0.2, 0) is 14.3 Å². The summed E-state index contributed by atoms with van der Waals surface area (Å²) >= 11 is 0. The highest BCUT2D eigenvalue weighted by Crippen LogP contribution is 2.29. The van der Waals surface area contributed by atoms with E-state index in [0.29, 0.717) is 17.0 Å². The number of Topliss-reactive ketones (excluding diaryl/α,β-unsaturated/α-hetero) is 1. The molecule has 0 aromatic heterocycles. The van der Waals surface area contributed by atoms with E-state index in [2.05, 4.69) is 10.1 Å². The van der Waals surface area contributed by atoms with E-state index in [-0.39, 0.29) is 24.7 Å². The van der Waals surface area contributed by atoms with Gasteiger partial charge in [0.25, 0.3) is 5.91 Å². The van der Waals surface area contributed by atoms with Crippen LogP contribution in [0.3, 0.4) is 0 Å². The maximum absolute atomic E-state index is 12.2. The molecule has 1 amide bonds. The van der Waals surface area contributed by atoms with Crippen LogP contribution in [0.5, 0.6) is 5.75 Å². The van der Waals surface area contributed by atoms with E-state index in [9.17, 15) is 14.4 Å². The summed E-state index contributed by atoms with van der Waals surface area (Å²) in [5, 5.41) is 2.65. The fourth-order valence-electron chi connectivity index (χ4n) is 1.94. The molecule has 6 nitrogen and oxygen atoms in total. The number of nitrogens with one attached hydrogen (secondary N) is 1. The molecule has 1 aliphatic heterocycles. The molecule has 0 aliphatic carbocycles. The number of carbonyl (C=O) groups excluding carboxylic acids is 3. The van der Waals surface area contributed by atoms with Crippen molar-refractivity contribution in [3.05, 3.63) is 23.8 Å². The van der Waals surface area contributed by atoms with Gasteiger partial charge in [0.2, 0.25) is 0 Å². The molecule has 1 aliphatic rings. The number of anilines is 1. The van der Waals surface area contributed by atoms with Crippen molar-refractivity contribution in [2.45, 2.75) is 13.3 Å². The van der Waals surface area contributed by atoms with E-state index in [4.69, 9.17) is 4.74 Å². The summed E-state index contributed by atoms with van der Waals surface area (Å²) in [6, 6.07) is 4.79. The van der Waals surface area contributed by atoms with Crippen molar-refractivity contribution in [2.24, 2.45) is 5.92 Å². The monoisotopic (exact) mass is 277 g/mol. The van der Waals surface area contributed by atoms with Crippen LogP contribution in [-0.4, -0.2) is 31.4 Å². The zero-order valence-corrected chi connectivity index (χ0v) is 11.3. The first-order valence-corrected chi connectivity index (χ1v) is 6.19. The van der Waals surface area contributed by atoms with Crippen molar-refractivity contribution >= 4 is 23.3 Å². The molecule has 1 aromatic rings. The summed E-state index contributed by atoms with van der Waals surface area (Å²) in [4.78, 5) is 34.5. The Balaban J connectivity index is 2.15. The van der Waals surface area contributed by atoms with Gasteiger partial charge in [0.15, 0.2) is 12.4 Å². The Kier molecular flexibility index (Phi) is 4.02. The molecule has 1 heterocycles. The number of ketones is 1. The number of rotatable bonds is 4. The molecule has 0 fully saturated rings. The molecule has 1 N–H and O–H groups in total. The smallest absolute Gasteiger partial charge is 0.306 e. The fraction of sp³-hybridized carbons (Fsp3) is 0.357. The molecule has 0 bridgehead atoms. The molecular weight excluding hydrogens is 262 g/mol. The zero-order chi connectivity index (χ0) is 14.7. The Morgan fingerprint density at radius 2 is 2.20 bits per heavy atom. The third-order valence-corrected chi connectivity index (χ3v) is 3.05. The first kappa shape index (κ1) is 14.0. The number of amides is 1. The molecule has 0 saturated heterocycles. The molecular formula is C14H15NO5. The molecule has 2 rings (SSSR count). The van der Waals surface area contributed by atoms with Crippen molar-refractivity contribution in [3.63, 3.8) is 0 Å². The fourth-order valence-corrected chi connectivity index (χ4v) is 1.94. The SMILES string of the molecule is COC(=O)CC(C)C(=O)c1ccc2c(c1)OCC(=O)N2. The second-order valence-electron chi connectivity index (χ2n) is 4.59. The number of carbonyl (C=O) groups is 3. The molecule has 0 saturated carbocycles. The highest BCUT2D eigenvalue weighted by molar-refractivity contribution is 6.01. The van der Waals surface area contributed by atoms with Crippen LogP contribution in [0.25, 0.3) is 0 Å². The normalized spacial score (nSPS) is 14.6. The Labute approximate surface area is 116 Å². The van der Waals surface area contributed by atoms with Crippen molar-refractivity contribution < 1.29 is 23.9 Å². The van der Waals surface area contributed by atoms with E-state index in [1.54, 1.807) is 25.1 Å². The van der Waals surface area contributed by atoms with Crippen LogP contribution < -0.4 is 10.1 Å². The second-order valence-corrected chi connectivity index (χ2v) is 4.59. The maximum Gasteiger partial charge on any atom is 0.306 e. The van der Waals surface area contributed by atoms with E-state index in [0.717, 1.165) is 0 Å². The Hall–Kier alpha value is -2.37. The standard InChI is InChI=1S/C14H15NO5/c1-8(5-13(17)19-2)14(18)9-3-4-10-11(6-9)20-7-12(16)15-10/h3-4,6,8H,5,7H2,1-2H3,(H,15,16). The predicted octanol–water partition coefficient (Wildman–Crippen LogP) is 1.40. The average Bonchev–Trinajstić information content (AvgIpc) is 2.45. The largest absolute Gasteiger partial charge is 0.482 e. The molecule has 0 spiro atoms. The van der Waals surface area contributed by atoms with E-state index >= 15 is 0 Å². The highest BCUT2D eigenvalue weighted by atomic mass is 16.5. The highest BCUT2D eigenvalue weighted by Gasteiger charge is 2.22. The van der Waals surface area contributed by atoms with Gasteiger partial charge < -0.3 is 14.8 Å². The van der Waals surface area contributed by atoms with E-state index in [1.807, 2.05) is 0 Å². The van der Waals surface area contributed by atoms with Gasteiger partial charge in [-0.1, -0.05) is 6.92 Å². The lowest BCUT2D eigenvalue weighted by atomic mass is 9.96. The van der Waals surface area contributed by atoms with Crippen molar-refractivity contribution in [1.82, 2.24) is 0 Å². The van der Waals surface area contributed by atoms with Gasteiger partial charge in [-0.25, -0.2) is 0 Å². The summed E-state index contributed by atoms with van der Waals surface area (Å²) in [5.74, 6) is -0.832. The summed E-state index contributed by atoms with van der Waals surface area (Å²) in [6.07, 6.45) is 0.0318. The van der Waals surface area contributed by atoms with Gasteiger partial charge in [-0.05, 0) is 18.2 Å². The minimum atomic E-state index is -0.473. The van der Waals surface area contributed by atoms with Gasteiger partial charge in [-0.3, -0.25) is 14.4 Å². The topological polar surface area (TPSA) is 81.7 Å². The number of benzene rings is 1. The van der Waals surface area contributed by atoms with Crippen LogP contribution in [0.1, 0.15) is 23.7 Å². The van der Waals surface area contributed by atoms with Gasteiger partial charge in [0.05, 0.1) is 19.2 Å². The Bertz CT molecular complexity index is 567. The number of fused-ring (bicyclic) bond motifs is 1.